The molecule has 0 aliphatic carbocycles. The average Bonchev–Trinajstić information content (AvgIpc) is 2.33. The average molecular weight is 250 g/mol. The van der Waals surface area contributed by atoms with Crippen molar-refractivity contribution in [3.63, 3.8) is 0 Å². The standard InChI is InChI=1S/C14H22N2O2/c1-10-7-11(2)9-12(8-10)16(3)6-5-13(15)14(17)18-4/h7-9,13H,5-6,15H2,1-4H3. The zero-order valence-corrected chi connectivity index (χ0v) is 11.6. The Balaban J connectivity index is 2.60. The van der Waals surface area contributed by atoms with Crippen molar-refractivity contribution in [2.24, 2.45) is 5.73 Å². The Hall–Kier alpha value is -1.55. The summed E-state index contributed by atoms with van der Waals surface area (Å²) in [6.07, 6.45) is 0.580. The molecule has 0 fully saturated rings. The Labute approximate surface area is 109 Å². The molecule has 0 heterocycles. The maximum absolute atomic E-state index is 11.2. The number of aryl methyl sites for hydroxylation is 2. The lowest BCUT2D eigenvalue weighted by Gasteiger charge is -2.21. The molecule has 18 heavy (non-hydrogen) atoms. The SMILES string of the molecule is COC(=O)C(N)CCN(C)c1cc(C)cc(C)c1. The number of nitrogens with zero attached hydrogens (tertiary/aromatic N) is 1. The fraction of sp³-hybridized carbons (Fsp3) is 0.500. The van der Waals surface area contributed by atoms with E-state index >= 15 is 0 Å². The van der Waals surface area contributed by atoms with Crippen LogP contribution in [0.15, 0.2) is 18.2 Å². The van der Waals surface area contributed by atoms with E-state index < -0.39 is 6.04 Å². The smallest absolute Gasteiger partial charge is 0.322 e. The van der Waals surface area contributed by atoms with Crippen molar-refractivity contribution in [2.45, 2.75) is 26.3 Å². The molecule has 1 aromatic carbocycles. The van der Waals surface area contributed by atoms with E-state index in [1.807, 2.05) is 7.05 Å². The number of ether oxygens (including phenoxy) is 1. The van der Waals surface area contributed by atoms with Gasteiger partial charge in [0.2, 0.25) is 0 Å². The number of methoxy groups -OCH3 is 1. The van der Waals surface area contributed by atoms with E-state index in [-0.39, 0.29) is 5.97 Å². The summed E-state index contributed by atoms with van der Waals surface area (Å²) in [5, 5.41) is 0. The Morgan fingerprint density at radius 2 is 1.89 bits per heavy atom. The summed E-state index contributed by atoms with van der Waals surface area (Å²) in [6.45, 7) is 4.87. The number of hydrogen-bond acceptors (Lipinski definition) is 4. The van der Waals surface area contributed by atoms with Gasteiger partial charge >= 0.3 is 5.97 Å². The summed E-state index contributed by atoms with van der Waals surface area (Å²) in [4.78, 5) is 13.3. The van der Waals surface area contributed by atoms with Crippen LogP contribution in [0.3, 0.4) is 0 Å². The molecule has 2 N–H and O–H groups in total. The predicted molar refractivity (Wildman–Crippen MR) is 73.8 cm³/mol. The molecular weight excluding hydrogens is 228 g/mol. The summed E-state index contributed by atoms with van der Waals surface area (Å²) in [7, 11) is 3.36. The van der Waals surface area contributed by atoms with Crippen molar-refractivity contribution in [2.75, 3.05) is 25.6 Å². The van der Waals surface area contributed by atoms with Gasteiger partial charge in [0.15, 0.2) is 0 Å². The first kappa shape index (κ1) is 14.5. The number of anilines is 1. The van der Waals surface area contributed by atoms with Crippen LogP contribution in [0, 0.1) is 13.8 Å². The van der Waals surface area contributed by atoms with Crippen LogP contribution < -0.4 is 10.6 Å². The molecule has 0 bridgehead atoms. The largest absolute Gasteiger partial charge is 0.468 e. The summed E-state index contributed by atoms with van der Waals surface area (Å²) in [6, 6.07) is 5.83. The van der Waals surface area contributed by atoms with Crippen LogP contribution >= 0.6 is 0 Å². The highest BCUT2D eigenvalue weighted by Gasteiger charge is 2.14. The van der Waals surface area contributed by atoms with E-state index in [2.05, 4.69) is 41.7 Å². The second-order valence-corrected chi connectivity index (χ2v) is 4.69. The van der Waals surface area contributed by atoms with Crippen LogP contribution in [0.4, 0.5) is 5.69 Å². The van der Waals surface area contributed by atoms with Crippen molar-refractivity contribution >= 4 is 11.7 Å². The van der Waals surface area contributed by atoms with Crippen LogP contribution in [-0.4, -0.2) is 32.7 Å². The number of carbonyl (C=O) groups excluding carboxylic acids is 1. The molecule has 4 nitrogen and oxygen atoms in total. The number of benzene rings is 1. The van der Waals surface area contributed by atoms with Crippen molar-refractivity contribution < 1.29 is 9.53 Å². The van der Waals surface area contributed by atoms with E-state index in [1.165, 1.54) is 18.2 Å². The zero-order valence-electron chi connectivity index (χ0n) is 11.6. The molecule has 1 atom stereocenters. The van der Waals surface area contributed by atoms with Crippen molar-refractivity contribution in [1.29, 1.82) is 0 Å². The lowest BCUT2D eigenvalue weighted by Crippen LogP contribution is -2.35. The van der Waals surface area contributed by atoms with Gasteiger partial charge in [-0.25, -0.2) is 0 Å². The second kappa shape index (κ2) is 6.40. The third kappa shape index (κ3) is 4.04. The van der Waals surface area contributed by atoms with Gasteiger partial charge in [-0.1, -0.05) is 6.07 Å². The summed E-state index contributed by atoms with van der Waals surface area (Å²) >= 11 is 0. The summed E-state index contributed by atoms with van der Waals surface area (Å²) in [5.41, 5.74) is 9.32. The highest BCUT2D eigenvalue weighted by molar-refractivity contribution is 5.75. The summed E-state index contributed by atoms with van der Waals surface area (Å²) < 4.78 is 4.61. The molecule has 0 aromatic heterocycles. The van der Waals surface area contributed by atoms with Crippen LogP contribution in [-0.2, 0) is 9.53 Å². The molecule has 100 valence electrons. The van der Waals surface area contributed by atoms with Crippen molar-refractivity contribution in [3.05, 3.63) is 29.3 Å². The Morgan fingerprint density at radius 1 is 1.33 bits per heavy atom. The Kier molecular flexibility index (Phi) is 5.16. The molecule has 0 spiro atoms. The first-order chi connectivity index (χ1) is 8.43. The number of rotatable bonds is 5. The van der Waals surface area contributed by atoms with Gasteiger partial charge < -0.3 is 15.4 Å². The van der Waals surface area contributed by atoms with Gasteiger partial charge in [0, 0.05) is 19.3 Å². The molecule has 1 rings (SSSR count). The number of esters is 1. The fourth-order valence-corrected chi connectivity index (χ4v) is 1.90. The molecule has 0 saturated heterocycles. The van der Waals surface area contributed by atoms with Crippen LogP contribution in [0.2, 0.25) is 0 Å². The quantitative estimate of drug-likeness (QED) is 0.807. The molecule has 0 aliphatic heterocycles. The lowest BCUT2D eigenvalue weighted by atomic mass is 10.1. The molecular formula is C14H22N2O2. The third-order valence-electron chi connectivity index (χ3n) is 2.93. The first-order valence-corrected chi connectivity index (χ1v) is 6.07. The zero-order chi connectivity index (χ0) is 13.7. The van der Waals surface area contributed by atoms with Gasteiger partial charge in [-0.05, 0) is 43.5 Å². The molecule has 0 amide bonds. The fourth-order valence-electron chi connectivity index (χ4n) is 1.90. The van der Waals surface area contributed by atoms with Crippen molar-refractivity contribution in [3.8, 4) is 0 Å². The predicted octanol–water partition coefficient (Wildman–Crippen LogP) is 1.63. The van der Waals surface area contributed by atoms with E-state index in [1.54, 1.807) is 0 Å². The van der Waals surface area contributed by atoms with Crippen molar-refractivity contribution in [1.82, 2.24) is 0 Å². The maximum Gasteiger partial charge on any atom is 0.322 e. The monoisotopic (exact) mass is 250 g/mol. The van der Waals surface area contributed by atoms with Gasteiger partial charge in [-0.3, -0.25) is 4.79 Å². The maximum atomic E-state index is 11.2. The highest BCUT2D eigenvalue weighted by atomic mass is 16.5. The Bertz CT molecular complexity index is 398. The summed E-state index contributed by atoms with van der Waals surface area (Å²) in [5.74, 6) is -0.358. The molecule has 1 unspecified atom stereocenters. The Morgan fingerprint density at radius 3 is 2.39 bits per heavy atom. The van der Waals surface area contributed by atoms with Crippen LogP contribution in [0.25, 0.3) is 0 Å². The number of hydrogen-bond donors (Lipinski definition) is 1. The van der Waals surface area contributed by atoms with E-state index in [4.69, 9.17) is 5.73 Å². The second-order valence-electron chi connectivity index (χ2n) is 4.69. The number of nitrogens with two attached hydrogens (primary N) is 1. The number of carbonyl (C=O) groups is 1. The van der Waals surface area contributed by atoms with Gasteiger partial charge in [0.1, 0.15) is 6.04 Å². The molecule has 0 aliphatic rings. The lowest BCUT2D eigenvalue weighted by molar-refractivity contribution is -0.142. The molecule has 0 radical (unpaired) electrons. The van der Waals surface area contributed by atoms with E-state index in [9.17, 15) is 4.79 Å². The van der Waals surface area contributed by atoms with E-state index in [0.29, 0.717) is 6.42 Å². The van der Waals surface area contributed by atoms with Gasteiger partial charge in [0.05, 0.1) is 7.11 Å². The molecule has 4 heteroatoms. The van der Waals surface area contributed by atoms with Gasteiger partial charge in [-0.2, -0.15) is 0 Å². The van der Waals surface area contributed by atoms with Crippen LogP contribution in [0.1, 0.15) is 17.5 Å². The van der Waals surface area contributed by atoms with E-state index in [0.717, 1.165) is 12.2 Å². The minimum atomic E-state index is -0.552. The van der Waals surface area contributed by atoms with Gasteiger partial charge in [0.25, 0.3) is 0 Å². The van der Waals surface area contributed by atoms with Crippen LogP contribution in [0.5, 0.6) is 0 Å². The normalized spacial score (nSPS) is 12.1. The first-order valence-electron chi connectivity index (χ1n) is 6.07. The topological polar surface area (TPSA) is 55.6 Å². The minimum absolute atomic E-state index is 0.358. The molecule has 1 aromatic rings. The highest BCUT2D eigenvalue weighted by Crippen LogP contribution is 2.17. The van der Waals surface area contributed by atoms with Gasteiger partial charge in [-0.15, -0.1) is 0 Å². The molecule has 0 saturated carbocycles. The third-order valence-corrected chi connectivity index (χ3v) is 2.93. The minimum Gasteiger partial charge on any atom is -0.468 e.